The molecule has 0 unspecified atom stereocenters. The number of hydrogen-bond donors (Lipinski definition) is 0. The van der Waals surface area contributed by atoms with Crippen molar-refractivity contribution in [2.75, 3.05) is 7.11 Å². The van der Waals surface area contributed by atoms with Crippen LogP contribution < -0.4 is 0 Å². The Morgan fingerprint density at radius 2 is 1.48 bits per heavy atom. The van der Waals surface area contributed by atoms with Gasteiger partial charge in [0.05, 0.1) is 19.1 Å². The second-order valence-corrected chi connectivity index (χ2v) is 9.36. The summed E-state index contributed by atoms with van der Waals surface area (Å²) in [5.74, 6) is -1.13. The van der Waals surface area contributed by atoms with Gasteiger partial charge < -0.3 is 18.9 Å². The normalized spacial score (nSPS) is 29.0. The molecule has 0 aromatic carbocycles. The number of ether oxygens (including phenoxy) is 4. The average Bonchev–Trinajstić information content (AvgIpc) is 3.15. The Labute approximate surface area is 178 Å². The molecule has 2 rings (SSSR count). The standard InChI is InChI=1S/C24H44O5/c1-6-7-8-9-10-11-12-13-14-15-16-17-19-20(18(2)22(25)26-5)21-23(27-19)29-24(3,4)28-21/h18-21,23H,6-17H2,1-5H3/t18-,19-,20-,21-,23-/m1/s1. The molecule has 0 spiro atoms. The van der Waals surface area contributed by atoms with Crippen LogP contribution in [0.5, 0.6) is 0 Å². The maximum absolute atomic E-state index is 12.2. The number of methoxy groups -OCH3 is 1. The van der Waals surface area contributed by atoms with Crippen LogP contribution in [0.3, 0.4) is 0 Å². The molecule has 29 heavy (non-hydrogen) atoms. The molecule has 2 aliphatic heterocycles. The smallest absolute Gasteiger partial charge is 0.308 e. The molecule has 0 aromatic heterocycles. The van der Waals surface area contributed by atoms with Gasteiger partial charge >= 0.3 is 5.97 Å². The number of esters is 1. The van der Waals surface area contributed by atoms with Gasteiger partial charge in [-0.3, -0.25) is 4.79 Å². The van der Waals surface area contributed by atoms with E-state index in [1.807, 2.05) is 20.8 Å². The molecule has 0 bridgehead atoms. The van der Waals surface area contributed by atoms with E-state index in [1.165, 1.54) is 71.3 Å². The van der Waals surface area contributed by atoms with Crippen LogP contribution in [0.1, 0.15) is 105 Å². The van der Waals surface area contributed by atoms with Crippen LogP contribution in [-0.4, -0.2) is 37.4 Å². The molecule has 5 nitrogen and oxygen atoms in total. The number of carbonyl (C=O) groups is 1. The van der Waals surface area contributed by atoms with Crippen molar-refractivity contribution < 1.29 is 23.7 Å². The summed E-state index contributed by atoms with van der Waals surface area (Å²) in [5.41, 5.74) is 0. The summed E-state index contributed by atoms with van der Waals surface area (Å²) in [6.45, 7) is 7.98. The van der Waals surface area contributed by atoms with Gasteiger partial charge in [0.2, 0.25) is 0 Å². The lowest BCUT2D eigenvalue weighted by Crippen LogP contribution is -2.37. The van der Waals surface area contributed by atoms with Gasteiger partial charge in [-0.15, -0.1) is 0 Å². The molecule has 0 saturated carbocycles. The van der Waals surface area contributed by atoms with Gasteiger partial charge in [-0.05, 0) is 20.3 Å². The SMILES string of the molecule is CCCCCCCCCCCCC[C@H]1O[C@@H]2OC(C)(C)O[C@@H]2[C@@H]1[C@@H](C)C(=O)OC. The van der Waals surface area contributed by atoms with Crippen molar-refractivity contribution >= 4 is 5.97 Å². The molecule has 2 aliphatic rings. The fraction of sp³-hybridized carbons (Fsp3) is 0.958. The molecule has 5 atom stereocenters. The quantitative estimate of drug-likeness (QED) is 0.259. The van der Waals surface area contributed by atoms with Crippen LogP contribution in [0, 0.1) is 11.8 Å². The summed E-state index contributed by atoms with van der Waals surface area (Å²) in [7, 11) is 1.45. The van der Waals surface area contributed by atoms with E-state index < -0.39 is 5.79 Å². The van der Waals surface area contributed by atoms with Crippen LogP contribution in [0.2, 0.25) is 0 Å². The first-order valence-electron chi connectivity index (χ1n) is 12.0. The first-order valence-corrected chi connectivity index (χ1v) is 12.0. The Balaban J connectivity index is 1.67. The van der Waals surface area contributed by atoms with Crippen molar-refractivity contribution in [2.24, 2.45) is 11.8 Å². The minimum absolute atomic E-state index is 0.00577. The number of rotatable bonds is 14. The van der Waals surface area contributed by atoms with Crippen molar-refractivity contribution in [3.63, 3.8) is 0 Å². The molecule has 0 aliphatic carbocycles. The van der Waals surface area contributed by atoms with Gasteiger partial charge in [0, 0.05) is 5.92 Å². The average molecular weight is 413 g/mol. The van der Waals surface area contributed by atoms with Crippen LogP contribution in [-0.2, 0) is 23.7 Å². The number of unbranched alkanes of at least 4 members (excludes halogenated alkanes) is 10. The minimum atomic E-state index is -0.662. The van der Waals surface area contributed by atoms with E-state index in [2.05, 4.69) is 6.92 Å². The third-order valence-electron chi connectivity index (χ3n) is 6.45. The maximum Gasteiger partial charge on any atom is 0.308 e. The van der Waals surface area contributed by atoms with E-state index in [-0.39, 0.29) is 36.3 Å². The number of hydrogen-bond acceptors (Lipinski definition) is 5. The summed E-state index contributed by atoms with van der Waals surface area (Å²) >= 11 is 0. The first kappa shape index (κ1) is 24.6. The van der Waals surface area contributed by atoms with Crippen LogP contribution in [0.15, 0.2) is 0 Å². The highest BCUT2D eigenvalue weighted by atomic mass is 16.8. The highest BCUT2D eigenvalue weighted by molar-refractivity contribution is 5.72. The van der Waals surface area contributed by atoms with Gasteiger partial charge in [-0.1, -0.05) is 84.5 Å². The Kier molecular flexibility index (Phi) is 10.4. The molecule has 5 heteroatoms. The lowest BCUT2D eigenvalue weighted by molar-refractivity contribution is -0.213. The van der Waals surface area contributed by atoms with Gasteiger partial charge in [-0.2, -0.15) is 0 Å². The topological polar surface area (TPSA) is 54.0 Å². The Hall–Kier alpha value is -0.650. The van der Waals surface area contributed by atoms with Crippen LogP contribution in [0.25, 0.3) is 0 Å². The number of fused-ring (bicyclic) bond motifs is 1. The second kappa shape index (κ2) is 12.3. The second-order valence-electron chi connectivity index (χ2n) is 9.36. The Morgan fingerprint density at radius 3 is 2.03 bits per heavy atom. The lowest BCUT2D eigenvalue weighted by Gasteiger charge is -2.28. The van der Waals surface area contributed by atoms with E-state index in [1.54, 1.807) is 0 Å². The van der Waals surface area contributed by atoms with E-state index in [9.17, 15) is 4.79 Å². The molecule has 2 heterocycles. The van der Waals surface area contributed by atoms with Crippen molar-refractivity contribution in [1.29, 1.82) is 0 Å². The third kappa shape index (κ3) is 7.52. The van der Waals surface area contributed by atoms with Gasteiger partial charge in [0.1, 0.15) is 6.10 Å². The summed E-state index contributed by atoms with van der Waals surface area (Å²) in [4.78, 5) is 12.2. The fourth-order valence-corrected chi connectivity index (χ4v) is 4.82. The fourth-order valence-electron chi connectivity index (χ4n) is 4.82. The van der Waals surface area contributed by atoms with Crippen molar-refractivity contribution in [3.8, 4) is 0 Å². The summed E-state index contributed by atoms with van der Waals surface area (Å²) in [5, 5.41) is 0. The van der Waals surface area contributed by atoms with Crippen molar-refractivity contribution in [2.45, 2.75) is 129 Å². The van der Waals surface area contributed by atoms with Gasteiger partial charge in [0.15, 0.2) is 12.1 Å². The summed E-state index contributed by atoms with van der Waals surface area (Å²) in [6.07, 6.45) is 14.9. The van der Waals surface area contributed by atoms with E-state index >= 15 is 0 Å². The third-order valence-corrected chi connectivity index (χ3v) is 6.45. The zero-order chi connectivity index (χ0) is 21.3. The molecule has 0 aromatic rings. The van der Waals surface area contributed by atoms with Crippen LogP contribution >= 0.6 is 0 Å². The zero-order valence-corrected chi connectivity index (χ0v) is 19.4. The minimum Gasteiger partial charge on any atom is -0.469 e. The van der Waals surface area contributed by atoms with Crippen molar-refractivity contribution in [1.82, 2.24) is 0 Å². The monoisotopic (exact) mass is 412 g/mol. The lowest BCUT2D eigenvalue weighted by atomic mass is 9.83. The Morgan fingerprint density at radius 1 is 0.931 bits per heavy atom. The molecular weight excluding hydrogens is 368 g/mol. The van der Waals surface area contributed by atoms with E-state index in [0.29, 0.717) is 0 Å². The highest BCUT2D eigenvalue weighted by Crippen LogP contribution is 2.45. The molecular formula is C24H44O5. The first-order chi connectivity index (χ1) is 13.9. The summed E-state index contributed by atoms with van der Waals surface area (Å²) < 4.78 is 23.2. The highest BCUT2D eigenvalue weighted by Gasteiger charge is 2.56. The molecule has 0 amide bonds. The molecule has 0 radical (unpaired) electrons. The van der Waals surface area contributed by atoms with Gasteiger partial charge in [0.25, 0.3) is 0 Å². The number of carbonyl (C=O) groups excluding carboxylic acids is 1. The van der Waals surface area contributed by atoms with Gasteiger partial charge in [-0.25, -0.2) is 0 Å². The molecule has 170 valence electrons. The van der Waals surface area contributed by atoms with Crippen molar-refractivity contribution in [3.05, 3.63) is 0 Å². The molecule has 0 N–H and O–H groups in total. The molecule has 2 fully saturated rings. The summed E-state index contributed by atoms with van der Waals surface area (Å²) in [6, 6.07) is 0. The predicted octanol–water partition coefficient (Wildman–Crippen LogP) is 5.99. The maximum atomic E-state index is 12.2. The largest absolute Gasteiger partial charge is 0.469 e. The predicted molar refractivity (Wildman–Crippen MR) is 114 cm³/mol. The van der Waals surface area contributed by atoms with E-state index in [0.717, 1.165) is 12.8 Å². The molecule has 2 saturated heterocycles. The van der Waals surface area contributed by atoms with Crippen LogP contribution in [0.4, 0.5) is 0 Å². The Bertz CT molecular complexity index is 478. The zero-order valence-electron chi connectivity index (χ0n) is 19.4. The van der Waals surface area contributed by atoms with E-state index in [4.69, 9.17) is 18.9 Å².